The molecule has 4 atom stereocenters. The summed E-state index contributed by atoms with van der Waals surface area (Å²) in [5, 5.41) is 19.2. The number of phenols is 1. The Hall–Kier alpha value is -3.26. The van der Waals surface area contributed by atoms with Crippen LogP contribution in [-0.4, -0.2) is 63.7 Å². The smallest absolute Gasteiger partial charge is 0.250 e. The number of phenolic OH excluding ortho intramolecular Hbond substituents is 1. The molecule has 32 heavy (non-hydrogen) atoms. The third kappa shape index (κ3) is 3.35. The molecule has 8 heteroatoms. The molecule has 1 N–H and O–H groups in total. The van der Waals surface area contributed by atoms with Crippen LogP contribution in [0.15, 0.2) is 53.5 Å². The fraction of sp³-hybridized carbons (Fsp3) is 0.375. The number of alkyl halides is 1. The molecular formula is C24H26FN5O2. The summed E-state index contributed by atoms with van der Waals surface area (Å²) in [5.74, 6) is 0.962. The van der Waals surface area contributed by atoms with Crippen LogP contribution in [0.1, 0.15) is 6.42 Å². The standard InChI is InChI=1S/C24H26FN5O2/c1-28-9-8-15(12-22(28)32)14-4-5-17(20(31)11-14)18-6-7-21(27-26-18)30(3)24-16-10-19(23(24)25)29(2)13-16/h4-9,11-12,16,19,23-24,31H,10,13H2,1-3H3/t16?,19?,23-,24-/m1/s1. The zero-order valence-corrected chi connectivity index (χ0v) is 18.3. The molecule has 3 heterocycles. The minimum Gasteiger partial charge on any atom is -0.507 e. The van der Waals surface area contributed by atoms with Crippen LogP contribution in [0, 0.1) is 5.92 Å². The fourth-order valence-corrected chi connectivity index (χ4v) is 5.17. The van der Waals surface area contributed by atoms with Gasteiger partial charge in [0.15, 0.2) is 5.82 Å². The molecule has 3 aromatic rings. The molecule has 1 aliphatic heterocycles. The number of aromatic hydroxyl groups is 1. The second-order valence-electron chi connectivity index (χ2n) is 8.92. The van der Waals surface area contributed by atoms with Crippen LogP contribution >= 0.6 is 0 Å². The SMILES string of the molecule is CN1CC2CC1[C@@H](F)[C@@H]2N(C)c1ccc(-c2ccc(-c3ccn(C)c(=O)c3)cc2O)nn1. The van der Waals surface area contributed by atoms with Crippen molar-refractivity contribution in [2.24, 2.45) is 13.0 Å². The number of fused-ring (bicyclic) bond motifs is 2. The molecule has 2 aromatic heterocycles. The normalized spacial score (nSPS) is 24.8. The van der Waals surface area contributed by atoms with E-state index in [1.54, 1.807) is 31.4 Å². The fourth-order valence-electron chi connectivity index (χ4n) is 5.17. The number of piperidine rings is 1. The minimum absolute atomic E-state index is 0.0139. The monoisotopic (exact) mass is 435 g/mol. The number of aryl methyl sites for hydroxylation is 1. The number of rotatable bonds is 4. The molecule has 1 aliphatic carbocycles. The number of aromatic nitrogens is 3. The van der Waals surface area contributed by atoms with Gasteiger partial charge in [-0.3, -0.25) is 4.79 Å². The first-order valence-corrected chi connectivity index (χ1v) is 10.7. The summed E-state index contributed by atoms with van der Waals surface area (Å²) in [7, 11) is 5.55. The molecule has 1 saturated heterocycles. The molecule has 5 rings (SSSR count). The van der Waals surface area contributed by atoms with E-state index in [2.05, 4.69) is 15.1 Å². The predicted molar refractivity (Wildman–Crippen MR) is 121 cm³/mol. The average Bonchev–Trinajstić information content (AvgIpc) is 3.31. The summed E-state index contributed by atoms with van der Waals surface area (Å²) in [6.45, 7) is 0.902. The first kappa shape index (κ1) is 20.6. The minimum atomic E-state index is -0.906. The maximum Gasteiger partial charge on any atom is 0.250 e. The van der Waals surface area contributed by atoms with Crippen molar-refractivity contribution in [2.75, 3.05) is 25.5 Å². The molecule has 2 bridgehead atoms. The highest BCUT2D eigenvalue weighted by Crippen LogP contribution is 2.42. The van der Waals surface area contributed by atoms with Crippen LogP contribution in [0.5, 0.6) is 5.75 Å². The Morgan fingerprint density at radius 3 is 2.50 bits per heavy atom. The highest BCUT2D eigenvalue weighted by molar-refractivity contribution is 5.74. The highest BCUT2D eigenvalue weighted by atomic mass is 19.1. The van der Waals surface area contributed by atoms with Gasteiger partial charge in [0, 0.05) is 44.5 Å². The van der Waals surface area contributed by atoms with E-state index in [0.29, 0.717) is 17.1 Å². The van der Waals surface area contributed by atoms with Crippen LogP contribution < -0.4 is 10.5 Å². The first-order chi connectivity index (χ1) is 15.3. The van der Waals surface area contributed by atoms with Crippen molar-refractivity contribution in [3.8, 4) is 28.1 Å². The number of hydrogen-bond acceptors (Lipinski definition) is 6. The number of pyridine rings is 1. The van der Waals surface area contributed by atoms with Crippen LogP contribution in [-0.2, 0) is 7.05 Å². The van der Waals surface area contributed by atoms with E-state index in [0.717, 1.165) is 24.1 Å². The van der Waals surface area contributed by atoms with Gasteiger partial charge >= 0.3 is 0 Å². The molecule has 2 unspecified atom stereocenters. The third-order valence-corrected chi connectivity index (χ3v) is 6.98. The molecule has 2 aliphatic rings. The van der Waals surface area contributed by atoms with Crippen molar-refractivity contribution in [3.05, 3.63) is 59.0 Å². The Morgan fingerprint density at radius 1 is 1.09 bits per heavy atom. The van der Waals surface area contributed by atoms with E-state index in [9.17, 15) is 14.3 Å². The lowest BCUT2D eigenvalue weighted by Gasteiger charge is -2.37. The average molecular weight is 436 g/mol. The van der Waals surface area contributed by atoms with E-state index >= 15 is 0 Å². The van der Waals surface area contributed by atoms with E-state index in [1.807, 2.05) is 37.2 Å². The van der Waals surface area contributed by atoms with Crippen molar-refractivity contribution in [1.29, 1.82) is 0 Å². The lowest BCUT2D eigenvalue weighted by atomic mass is 10.00. The molecule has 166 valence electrons. The van der Waals surface area contributed by atoms with Crippen molar-refractivity contribution < 1.29 is 9.50 Å². The van der Waals surface area contributed by atoms with Crippen LogP contribution in [0.3, 0.4) is 0 Å². The van der Waals surface area contributed by atoms with Gasteiger partial charge in [0.05, 0.1) is 11.7 Å². The first-order valence-electron chi connectivity index (χ1n) is 10.7. The van der Waals surface area contributed by atoms with E-state index in [-0.39, 0.29) is 29.3 Å². The molecule has 7 nitrogen and oxygen atoms in total. The number of hydrogen-bond donors (Lipinski definition) is 1. The molecular weight excluding hydrogens is 409 g/mol. The van der Waals surface area contributed by atoms with Gasteiger partial charge in [0.2, 0.25) is 0 Å². The molecule has 0 amide bonds. The third-order valence-electron chi connectivity index (χ3n) is 6.98. The summed E-state index contributed by atoms with van der Waals surface area (Å²) >= 11 is 0. The second-order valence-corrected chi connectivity index (χ2v) is 8.92. The molecule has 2 fully saturated rings. The molecule has 0 spiro atoms. The maximum atomic E-state index is 14.9. The topological polar surface area (TPSA) is 74.5 Å². The van der Waals surface area contributed by atoms with Gasteiger partial charge in [0.25, 0.3) is 5.56 Å². The Balaban J connectivity index is 1.37. The Morgan fingerprint density at radius 2 is 1.88 bits per heavy atom. The number of anilines is 1. The van der Waals surface area contributed by atoms with Gasteiger partial charge in [-0.25, -0.2) is 4.39 Å². The van der Waals surface area contributed by atoms with E-state index in [4.69, 9.17) is 0 Å². The van der Waals surface area contributed by atoms with Gasteiger partial charge in [-0.1, -0.05) is 6.07 Å². The largest absolute Gasteiger partial charge is 0.507 e. The van der Waals surface area contributed by atoms with Crippen LogP contribution in [0.4, 0.5) is 10.2 Å². The van der Waals surface area contributed by atoms with Crippen molar-refractivity contribution in [2.45, 2.75) is 24.7 Å². The highest BCUT2D eigenvalue weighted by Gasteiger charge is 2.52. The van der Waals surface area contributed by atoms with Crippen LogP contribution in [0.2, 0.25) is 0 Å². The summed E-state index contributed by atoms with van der Waals surface area (Å²) in [6, 6.07) is 12.0. The Bertz CT molecular complexity index is 1210. The second kappa shape index (κ2) is 7.70. The summed E-state index contributed by atoms with van der Waals surface area (Å²) in [5.41, 5.74) is 2.43. The van der Waals surface area contributed by atoms with Crippen molar-refractivity contribution in [3.63, 3.8) is 0 Å². The summed E-state index contributed by atoms with van der Waals surface area (Å²) in [4.78, 5) is 15.9. The van der Waals surface area contributed by atoms with Crippen molar-refractivity contribution in [1.82, 2.24) is 19.7 Å². The van der Waals surface area contributed by atoms with Crippen LogP contribution in [0.25, 0.3) is 22.4 Å². The quantitative estimate of drug-likeness (QED) is 0.679. The zero-order chi connectivity index (χ0) is 22.6. The number of nitrogens with zero attached hydrogens (tertiary/aromatic N) is 5. The summed E-state index contributed by atoms with van der Waals surface area (Å²) in [6.07, 6.45) is 1.67. The van der Waals surface area contributed by atoms with E-state index in [1.165, 1.54) is 10.6 Å². The summed E-state index contributed by atoms with van der Waals surface area (Å²) < 4.78 is 16.4. The van der Waals surface area contributed by atoms with Gasteiger partial charge in [0.1, 0.15) is 11.9 Å². The van der Waals surface area contributed by atoms with Crippen molar-refractivity contribution >= 4 is 5.82 Å². The number of likely N-dealkylation sites (tertiary alicyclic amines) is 1. The Kier molecular flexibility index (Phi) is 4.97. The number of halogens is 1. The predicted octanol–water partition coefficient (Wildman–Crippen LogP) is 2.69. The van der Waals surface area contributed by atoms with Gasteiger partial charge in [-0.15, -0.1) is 10.2 Å². The number of benzene rings is 1. The molecule has 1 saturated carbocycles. The van der Waals surface area contributed by atoms with E-state index < -0.39 is 6.17 Å². The maximum absolute atomic E-state index is 14.9. The van der Waals surface area contributed by atoms with Gasteiger partial charge in [-0.05, 0) is 60.8 Å². The van der Waals surface area contributed by atoms with Gasteiger partial charge < -0.3 is 19.5 Å². The molecule has 0 radical (unpaired) electrons. The van der Waals surface area contributed by atoms with Gasteiger partial charge in [-0.2, -0.15) is 0 Å². The zero-order valence-electron chi connectivity index (χ0n) is 18.3. The lowest BCUT2D eigenvalue weighted by molar-refractivity contribution is 0.126. The Labute approximate surface area is 185 Å². The molecule has 1 aromatic carbocycles. The lowest BCUT2D eigenvalue weighted by Crippen LogP contribution is -2.51.